The second kappa shape index (κ2) is 12.1. The lowest BCUT2D eigenvalue weighted by Gasteiger charge is -2.31. The predicted molar refractivity (Wildman–Crippen MR) is 149 cm³/mol. The highest BCUT2D eigenvalue weighted by molar-refractivity contribution is 5.95. The largest absolute Gasteiger partial charge is 0.495 e. The number of ether oxygens (including phenoxy) is 1. The Labute approximate surface area is 243 Å². The Bertz CT molecular complexity index is 1680. The zero-order chi connectivity index (χ0) is 31.7. The van der Waals surface area contributed by atoms with Crippen LogP contribution in [0.3, 0.4) is 0 Å². The number of hydrogen-bond acceptors (Lipinski definition) is 4. The van der Waals surface area contributed by atoms with Gasteiger partial charge in [-0.1, -0.05) is 31.5 Å². The summed E-state index contributed by atoms with van der Waals surface area (Å²) in [5.74, 6) is -0.694. The molecule has 0 N–H and O–H groups in total. The Morgan fingerprint density at radius 1 is 0.977 bits per heavy atom. The van der Waals surface area contributed by atoms with E-state index in [9.17, 15) is 35.9 Å². The number of fused-ring (bicyclic) bond motifs is 1. The summed E-state index contributed by atoms with van der Waals surface area (Å²) in [5, 5.41) is 0.265. The molecule has 0 bridgehead atoms. The zero-order valence-electron chi connectivity index (χ0n) is 23.8. The highest BCUT2D eigenvalue weighted by Crippen LogP contribution is 2.37. The number of carbonyl (C=O) groups is 1. The number of rotatable bonds is 8. The van der Waals surface area contributed by atoms with Gasteiger partial charge in [-0.25, -0.2) is 4.98 Å². The summed E-state index contributed by atoms with van der Waals surface area (Å²) in [6, 6.07) is 11.4. The average Bonchev–Trinajstić information content (AvgIpc) is 2.96. The number of benzene rings is 3. The molecule has 1 amide bonds. The molecule has 0 aliphatic carbocycles. The minimum Gasteiger partial charge on any atom is -0.495 e. The van der Waals surface area contributed by atoms with E-state index in [1.807, 2.05) is 6.92 Å². The number of amides is 1. The number of methoxy groups -OCH3 is 1. The maximum absolute atomic E-state index is 13.9. The molecule has 4 aromatic rings. The van der Waals surface area contributed by atoms with Crippen molar-refractivity contribution in [1.29, 1.82) is 0 Å². The SMILES string of the molecule is CCCCN(C(=O)c1cc(C(F)(F)F)cc(C(F)(F)F)c1)C(C)c1nc2ccccc2c(=O)n1-c1cc(C)ccc1OC. The van der Waals surface area contributed by atoms with Crippen LogP contribution in [0.2, 0.25) is 0 Å². The standard InChI is InChI=1S/C31H29F6N3O3/c1-5-6-13-39(28(41)20-15-21(30(32,33)34)17-22(16-20)31(35,36)37)19(3)27-38-24-10-8-7-9-23(24)29(42)40(27)25-14-18(2)11-12-26(25)43-4/h7-12,14-17,19H,5-6,13H2,1-4H3. The van der Waals surface area contributed by atoms with Gasteiger partial charge in [0.1, 0.15) is 11.6 Å². The van der Waals surface area contributed by atoms with Crippen molar-refractivity contribution in [2.75, 3.05) is 13.7 Å². The van der Waals surface area contributed by atoms with Crippen LogP contribution in [0.4, 0.5) is 26.3 Å². The Balaban J connectivity index is 1.97. The summed E-state index contributed by atoms with van der Waals surface area (Å²) < 4.78 is 88.5. The van der Waals surface area contributed by atoms with Crippen LogP contribution in [0.1, 0.15) is 65.6 Å². The molecule has 43 heavy (non-hydrogen) atoms. The first-order chi connectivity index (χ1) is 20.2. The van der Waals surface area contributed by atoms with Crippen LogP contribution >= 0.6 is 0 Å². The first kappa shape index (κ1) is 31.6. The molecule has 0 aliphatic rings. The molecular weight excluding hydrogens is 576 g/mol. The van der Waals surface area contributed by atoms with Gasteiger partial charge in [0.25, 0.3) is 11.5 Å². The molecule has 1 atom stereocenters. The van der Waals surface area contributed by atoms with E-state index in [4.69, 9.17) is 4.74 Å². The zero-order valence-corrected chi connectivity index (χ0v) is 23.8. The number of para-hydroxylation sites is 1. The van der Waals surface area contributed by atoms with E-state index in [2.05, 4.69) is 4.98 Å². The molecule has 3 aromatic carbocycles. The Morgan fingerprint density at radius 2 is 1.60 bits per heavy atom. The van der Waals surface area contributed by atoms with E-state index in [1.165, 1.54) is 18.6 Å². The molecular formula is C31H29F6N3O3. The molecule has 0 saturated carbocycles. The van der Waals surface area contributed by atoms with Gasteiger partial charge in [0.05, 0.1) is 40.9 Å². The van der Waals surface area contributed by atoms with Crippen LogP contribution in [-0.2, 0) is 12.4 Å². The highest BCUT2D eigenvalue weighted by Gasteiger charge is 2.38. The number of halogens is 6. The molecule has 0 saturated heterocycles. The smallest absolute Gasteiger partial charge is 0.416 e. The van der Waals surface area contributed by atoms with Crippen molar-refractivity contribution in [3.63, 3.8) is 0 Å². The minimum absolute atomic E-state index is 0.0246. The molecule has 0 aliphatic heterocycles. The van der Waals surface area contributed by atoms with Crippen molar-refractivity contribution in [2.24, 2.45) is 0 Å². The summed E-state index contributed by atoms with van der Waals surface area (Å²) in [6.45, 7) is 5.12. The predicted octanol–water partition coefficient (Wildman–Crippen LogP) is 7.74. The van der Waals surface area contributed by atoms with Crippen LogP contribution in [0.25, 0.3) is 16.6 Å². The van der Waals surface area contributed by atoms with E-state index in [0.29, 0.717) is 41.9 Å². The van der Waals surface area contributed by atoms with Gasteiger partial charge >= 0.3 is 12.4 Å². The molecule has 1 aromatic heterocycles. The quantitative estimate of drug-likeness (QED) is 0.193. The number of carbonyl (C=O) groups excluding carboxylic acids is 1. The maximum Gasteiger partial charge on any atom is 0.416 e. The fourth-order valence-electron chi connectivity index (χ4n) is 4.82. The van der Waals surface area contributed by atoms with Crippen LogP contribution in [0.15, 0.2) is 65.5 Å². The minimum atomic E-state index is -5.13. The van der Waals surface area contributed by atoms with Gasteiger partial charge in [-0.2, -0.15) is 26.3 Å². The van der Waals surface area contributed by atoms with Crippen molar-refractivity contribution in [3.05, 3.63) is 99.1 Å². The monoisotopic (exact) mass is 605 g/mol. The molecule has 0 spiro atoms. The molecule has 1 heterocycles. The number of aryl methyl sites for hydroxylation is 1. The van der Waals surface area contributed by atoms with Gasteiger partial charge in [-0.3, -0.25) is 14.2 Å². The van der Waals surface area contributed by atoms with E-state index in [1.54, 1.807) is 49.4 Å². The lowest BCUT2D eigenvalue weighted by atomic mass is 10.0. The summed E-state index contributed by atoms with van der Waals surface area (Å²) in [4.78, 5) is 33.6. The van der Waals surface area contributed by atoms with Gasteiger partial charge in [-0.15, -0.1) is 0 Å². The van der Waals surface area contributed by atoms with Crippen LogP contribution in [-0.4, -0.2) is 34.0 Å². The van der Waals surface area contributed by atoms with E-state index < -0.39 is 46.6 Å². The van der Waals surface area contributed by atoms with Gasteiger partial charge in [0.15, 0.2) is 0 Å². The number of aromatic nitrogens is 2. The first-order valence-corrected chi connectivity index (χ1v) is 13.4. The van der Waals surface area contributed by atoms with Crippen LogP contribution in [0.5, 0.6) is 5.75 Å². The molecule has 0 fully saturated rings. The first-order valence-electron chi connectivity index (χ1n) is 13.4. The van der Waals surface area contributed by atoms with Gasteiger partial charge in [0.2, 0.25) is 0 Å². The number of nitrogens with zero attached hydrogens (tertiary/aromatic N) is 3. The number of hydrogen-bond donors (Lipinski definition) is 0. The third-order valence-corrected chi connectivity index (χ3v) is 7.07. The topological polar surface area (TPSA) is 64.4 Å². The van der Waals surface area contributed by atoms with Crippen LogP contribution in [0, 0.1) is 6.92 Å². The lowest BCUT2D eigenvalue weighted by Crippen LogP contribution is -2.38. The fourth-order valence-corrected chi connectivity index (χ4v) is 4.82. The highest BCUT2D eigenvalue weighted by atomic mass is 19.4. The van der Waals surface area contributed by atoms with Crippen molar-refractivity contribution in [2.45, 2.75) is 52.0 Å². The second-order valence-electron chi connectivity index (χ2n) is 10.1. The van der Waals surface area contributed by atoms with E-state index in [-0.39, 0.29) is 23.8 Å². The van der Waals surface area contributed by atoms with Crippen molar-refractivity contribution in [1.82, 2.24) is 14.5 Å². The summed E-state index contributed by atoms with van der Waals surface area (Å²) in [7, 11) is 1.42. The molecule has 228 valence electrons. The third-order valence-electron chi connectivity index (χ3n) is 7.07. The molecule has 6 nitrogen and oxygen atoms in total. The Kier molecular flexibility index (Phi) is 8.89. The molecule has 4 rings (SSSR count). The fraction of sp³-hybridized carbons (Fsp3) is 0.323. The second-order valence-corrected chi connectivity index (χ2v) is 10.1. The maximum atomic E-state index is 13.9. The summed E-state index contributed by atoms with van der Waals surface area (Å²) in [6.07, 6.45) is -9.31. The van der Waals surface area contributed by atoms with Crippen LogP contribution < -0.4 is 10.3 Å². The van der Waals surface area contributed by atoms with Gasteiger partial charge in [0, 0.05) is 12.1 Å². The lowest BCUT2D eigenvalue weighted by molar-refractivity contribution is -0.143. The van der Waals surface area contributed by atoms with Gasteiger partial charge in [-0.05, 0) is 68.3 Å². The average molecular weight is 606 g/mol. The molecule has 12 heteroatoms. The normalized spacial score (nSPS) is 12.8. The van der Waals surface area contributed by atoms with Gasteiger partial charge < -0.3 is 9.64 Å². The van der Waals surface area contributed by atoms with Crippen molar-refractivity contribution >= 4 is 16.8 Å². The van der Waals surface area contributed by atoms with Crippen molar-refractivity contribution in [3.8, 4) is 11.4 Å². The summed E-state index contributed by atoms with van der Waals surface area (Å²) >= 11 is 0. The van der Waals surface area contributed by atoms with E-state index >= 15 is 0 Å². The molecule has 0 radical (unpaired) electrons. The van der Waals surface area contributed by atoms with E-state index in [0.717, 1.165) is 10.5 Å². The number of unbranched alkanes of at least 4 members (excludes halogenated alkanes) is 1. The Hall–Kier alpha value is -4.35. The molecule has 1 unspecified atom stereocenters. The third kappa shape index (κ3) is 6.52. The summed E-state index contributed by atoms with van der Waals surface area (Å²) in [5.41, 5.74) is -3.08. The Morgan fingerprint density at radius 3 is 2.19 bits per heavy atom. The van der Waals surface area contributed by atoms with Crippen molar-refractivity contribution < 1.29 is 35.9 Å². The number of alkyl halides is 6.